The van der Waals surface area contributed by atoms with Crippen molar-refractivity contribution in [3.63, 3.8) is 0 Å². The average molecular weight is 639 g/mol. The number of benzene rings is 2. The van der Waals surface area contributed by atoms with Crippen molar-refractivity contribution >= 4 is 32.9 Å². The largest absolute Gasteiger partial charge is 0.490 e. The number of ether oxygens (including phenoxy) is 3. The van der Waals surface area contributed by atoms with E-state index >= 15 is 0 Å². The molecule has 0 amide bonds. The van der Waals surface area contributed by atoms with Crippen molar-refractivity contribution in [1.82, 2.24) is 19.4 Å². The number of halogens is 3. The number of pyridine rings is 1. The number of hydrogen-bond donors (Lipinski definition) is 1. The quantitative estimate of drug-likeness (QED) is 0.241. The van der Waals surface area contributed by atoms with Crippen molar-refractivity contribution < 1.29 is 40.4 Å². The number of hydrogen-bond acceptors (Lipinski definition) is 8. The predicted octanol–water partition coefficient (Wildman–Crippen LogP) is 4.27. The molecule has 0 bridgehead atoms. The highest BCUT2D eigenvalue weighted by Gasteiger charge is 2.29. The maximum atomic E-state index is 13.9. The molecule has 1 aliphatic heterocycles. The fraction of sp³-hybridized carbons (Fsp3) is 0.357. The van der Waals surface area contributed by atoms with Crippen molar-refractivity contribution in [2.45, 2.75) is 28.9 Å². The van der Waals surface area contributed by atoms with Crippen LogP contribution in [0, 0.1) is 6.92 Å². The van der Waals surface area contributed by atoms with E-state index in [9.17, 15) is 26.1 Å². The Balaban J connectivity index is 1.51. The smallest absolute Gasteiger partial charge is 0.422 e. The summed E-state index contributed by atoms with van der Waals surface area (Å²) in [6.07, 6.45) is -3.23. The van der Waals surface area contributed by atoms with E-state index in [1.165, 1.54) is 18.3 Å². The van der Waals surface area contributed by atoms with E-state index in [0.29, 0.717) is 48.9 Å². The molecular formula is C28H29F3N4O6S2. The molecule has 43 heavy (non-hydrogen) atoms. The Bertz CT molecular complexity index is 1640. The second-order valence-corrected chi connectivity index (χ2v) is 11.9. The standard InChI is InChI=1S/C28H29F3N4O6S2/c1-19-20(32-10-9-23(19)41-18-28(29,30)31)17-42(36)27-33-26-22(6-4-8-25(26)43(37)38)35(27)21-5-2-3-7-24(21)40-16-13-34-11-14-39-15-12-34/h2-10H,11-18H2,1H3,(H,37,38). The summed E-state index contributed by atoms with van der Waals surface area (Å²) in [5.74, 6) is 0.265. The Kier molecular flexibility index (Phi) is 9.76. The van der Waals surface area contributed by atoms with Crippen molar-refractivity contribution in [3.8, 4) is 17.2 Å². The average Bonchev–Trinajstić information content (AvgIpc) is 3.38. The lowest BCUT2D eigenvalue weighted by Gasteiger charge is -2.26. The molecule has 4 aromatic rings. The molecule has 1 saturated heterocycles. The molecule has 2 atom stereocenters. The van der Waals surface area contributed by atoms with Gasteiger partial charge in [-0.1, -0.05) is 18.2 Å². The fourth-order valence-corrected chi connectivity index (χ4v) is 6.43. The molecule has 2 unspecified atom stereocenters. The first kappa shape index (κ1) is 31.1. The van der Waals surface area contributed by atoms with Gasteiger partial charge in [-0.25, -0.2) is 9.19 Å². The third-order valence-electron chi connectivity index (χ3n) is 6.80. The Hall–Kier alpha value is -3.37. The van der Waals surface area contributed by atoms with Gasteiger partial charge in [0.15, 0.2) is 17.7 Å². The lowest BCUT2D eigenvalue weighted by molar-refractivity contribution is -0.153. The second kappa shape index (κ2) is 13.5. The maximum absolute atomic E-state index is 13.9. The summed E-state index contributed by atoms with van der Waals surface area (Å²) in [5.41, 5.74) is 1.70. The molecule has 1 aliphatic rings. The molecule has 0 radical (unpaired) electrons. The van der Waals surface area contributed by atoms with Crippen molar-refractivity contribution in [3.05, 3.63) is 66.0 Å². The number of nitrogens with zero attached hydrogens (tertiary/aromatic N) is 4. The maximum Gasteiger partial charge on any atom is 0.422 e. The van der Waals surface area contributed by atoms with Crippen LogP contribution in [0.15, 0.2) is 64.8 Å². The Morgan fingerprint density at radius 3 is 2.53 bits per heavy atom. The summed E-state index contributed by atoms with van der Waals surface area (Å²) in [6, 6.07) is 13.2. The van der Waals surface area contributed by atoms with Crippen LogP contribution in [0.4, 0.5) is 13.2 Å². The molecule has 230 valence electrons. The summed E-state index contributed by atoms with van der Waals surface area (Å²) in [5, 5.41) is 0.0555. The van der Waals surface area contributed by atoms with Crippen LogP contribution in [0.25, 0.3) is 16.7 Å². The summed E-state index contributed by atoms with van der Waals surface area (Å²) < 4.78 is 92.4. The zero-order chi connectivity index (χ0) is 30.6. The van der Waals surface area contributed by atoms with Crippen LogP contribution in [0.5, 0.6) is 11.5 Å². The fourth-order valence-electron chi connectivity index (χ4n) is 4.66. The van der Waals surface area contributed by atoms with Gasteiger partial charge < -0.3 is 18.8 Å². The molecule has 10 nitrogen and oxygen atoms in total. The molecule has 3 heterocycles. The van der Waals surface area contributed by atoms with Crippen LogP contribution >= 0.6 is 0 Å². The molecule has 0 spiro atoms. The zero-order valence-corrected chi connectivity index (χ0v) is 24.7. The number of aromatic nitrogens is 3. The molecular weight excluding hydrogens is 609 g/mol. The monoisotopic (exact) mass is 638 g/mol. The molecule has 2 aromatic heterocycles. The minimum atomic E-state index is -4.52. The molecule has 5 rings (SSSR count). The van der Waals surface area contributed by atoms with Gasteiger partial charge in [0.1, 0.15) is 23.6 Å². The highest BCUT2D eigenvalue weighted by atomic mass is 32.2. The number of rotatable bonds is 11. The minimum absolute atomic E-state index is 0.0233. The normalized spacial score (nSPS) is 15.8. The van der Waals surface area contributed by atoms with E-state index in [0.717, 1.165) is 13.1 Å². The van der Waals surface area contributed by atoms with E-state index in [-0.39, 0.29) is 32.8 Å². The van der Waals surface area contributed by atoms with Crippen LogP contribution in [0.2, 0.25) is 0 Å². The lowest BCUT2D eigenvalue weighted by Crippen LogP contribution is -2.38. The van der Waals surface area contributed by atoms with E-state index in [2.05, 4.69) is 14.9 Å². The van der Waals surface area contributed by atoms with Gasteiger partial charge in [0.05, 0.1) is 51.6 Å². The Labute approximate surface area is 250 Å². The van der Waals surface area contributed by atoms with Gasteiger partial charge in [-0.2, -0.15) is 13.2 Å². The van der Waals surface area contributed by atoms with Crippen molar-refractivity contribution in [2.24, 2.45) is 0 Å². The van der Waals surface area contributed by atoms with E-state index in [1.54, 1.807) is 47.9 Å². The molecule has 1 fully saturated rings. The predicted molar refractivity (Wildman–Crippen MR) is 153 cm³/mol. The van der Waals surface area contributed by atoms with Crippen LogP contribution < -0.4 is 9.47 Å². The van der Waals surface area contributed by atoms with Gasteiger partial charge >= 0.3 is 6.18 Å². The third-order valence-corrected chi connectivity index (χ3v) is 8.72. The lowest BCUT2D eigenvalue weighted by atomic mass is 10.2. The first-order valence-corrected chi connectivity index (χ1v) is 15.7. The van der Waals surface area contributed by atoms with Crippen molar-refractivity contribution in [2.75, 3.05) is 46.1 Å². The summed E-state index contributed by atoms with van der Waals surface area (Å²) in [4.78, 5) is 11.0. The van der Waals surface area contributed by atoms with Crippen molar-refractivity contribution in [1.29, 1.82) is 0 Å². The topological polar surface area (TPSA) is 116 Å². The number of para-hydroxylation sites is 3. The molecule has 1 N–H and O–H groups in total. The van der Waals surface area contributed by atoms with Gasteiger partial charge in [0.25, 0.3) is 0 Å². The number of imidazole rings is 1. The Morgan fingerprint density at radius 2 is 1.79 bits per heavy atom. The van der Waals surface area contributed by atoms with Crippen LogP contribution in [0.3, 0.4) is 0 Å². The number of morpholine rings is 1. The van der Waals surface area contributed by atoms with E-state index in [1.807, 2.05) is 0 Å². The van der Waals surface area contributed by atoms with Gasteiger partial charge in [0.2, 0.25) is 5.16 Å². The molecule has 2 aromatic carbocycles. The SMILES string of the molecule is Cc1c(OCC(F)(F)F)ccnc1CS(=O)c1nc2c(S(=O)O)cccc2n1-c1ccccc1OCCN1CCOCC1. The summed E-state index contributed by atoms with van der Waals surface area (Å²) >= 11 is -2.38. The first-order chi connectivity index (χ1) is 20.6. The van der Waals surface area contributed by atoms with Crippen LogP contribution in [-0.2, 0) is 32.4 Å². The van der Waals surface area contributed by atoms with E-state index in [4.69, 9.17) is 14.2 Å². The number of alkyl halides is 3. The zero-order valence-electron chi connectivity index (χ0n) is 23.1. The third kappa shape index (κ3) is 7.41. The van der Waals surface area contributed by atoms with Crippen LogP contribution in [0.1, 0.15) is 11.3 Å². The highest BCUT2D eigenvalue weighted by Crippen LogP contribution is 2.33. The van der Waals surface area contributed by atoms with Gasteiger partial charge in [-0.15, -0.1) is 0 Å². The minimum Gasteiger partial charge on any atom is -0.490 e. The Morgan fingerprint density at radius 1 is 1.02 bits per heavy atom. The number of fused-ring (bicyclic) bond motifs is 1. The first-order valence-electron chi connectivity index (χ1n) is 13.3. The second-order valence-electron chi connectivity index (χ2n) is 9.65. The molecule has 0 aliphatic carbocycles. The highest BCUT2D eigenvalue weighted by molar-refractivity contribution is 7.84. The van der Waals surface area contributed by atoms with Gasteiger partial charge in [-0.05, 0) is 37.3 Å². The molecule has 0 saturated carbocycles. The van der Waals surface area contributed by atoms with Crippen LogP contribution in [-0.4, -0.2) is 84.6 Å². The summed E-state index contributed by atoms with van der Waals surface area (Å²) in [7, 11) is -1.90. The summed E-state index contributed by atoms with van der Waals surface area (Å²) in [6.45, 7) is 4.04. The van der Waals surface area contributed by atoms with E-state index < -0.39 is 34.7 Å². The van der Waals surface area contributed by atoms with Gasteiger partial charge in [0, 0.05) is 31.4 Å². The van der Waals surface area contributed by atoms with Gasteiger partial charge in [-0.3, -0.25) is 18.7 Å². The molecule has 15 heteroatoms.